The third kappa shape index (κ3) is 2.19. The van der Waals surface area contributed by atoms with Gasteiger partial charge in [0.1, 0.15) is 0 Å². The van der Waals surface area contributed by atoms with Gasteiger partial charge in [0.15, 0.2) is 11.6 Å². The van der Waals surface area contributed by atoms with Crippen LogP contribution in [-0.4, -0.2) is 24.8 Å². The second-order valence-electron chi connectivity index (χ2n) is 4.53. The minimum atomic E-state index is -0.361. The van der Waals surface area contributed by atoms with Crippen molar-refractivity contribution >= 4 is 0 Å². The summed E-state index contributed by atoms with van der Waals surface area (Å²) in [6.45, 7) is 5.91. The van der Waals surface area contributed by atoms with Crippen molar-refractivity contribution in [1.82, 2.24) is 0 Å². The Bertz CT molecular complexity index is 181. The molecule has 2 aliphatic rings. The number of hydrogen-bond donors (Lipinski definition) is 0. The Kier molecular flexibility index (Phi) is 3.33. The lowest BCUT2D eigenvalue weighted by Gasteiger charge is -2.37. The molecule has 0 aliphatic carbocycles. The molecule has 0 saturated carbocycles. The van der Waals surface area contributed by atoms with Gasteiger partial charge in [-0.25, -0.2) is 0 Å². The van der Waals surface area contributed by atoms with Gasteiger partial charge >= 0.3 is 0 Å². The van der Waals surface area contributed by atoms with E-state index in [4.69, 9.17) is 14.2 Å². The molecule has 0 N–H and O–H groups in total. The summed E-state index contributed by atoms with van der Waals surface area (Å²) in [6, 6.07) is 0. The lowest BCUT2D eigenvalue weighted by atomic mass is 10.1. The molecule has 2 atom stereocenters. The third-order valence-electron chi connectivity index (χ3n) is 3.58. The summed E-state index contributed by atoms with van der Waals surface area (Å²) >= 11 is 0. The van der Waals surface area contributed by atoms with Crippen LogP contribution in [-0.2, 0) is 14.2 Å². The summed E-state index contributed by atoms with van der Waals surface area (Å²) < 4.78 is 17.8. The van der Waals surface area contributed by atoms with Gasteiger partial charge in [0.05, 0.1) is 13.2 Å². The second-order valence-corrected chi connectivity index (χ2v) is 4.53. The topological polar surface area (TPSA) is 27.7 Å². The average molecular weight is 214 g/mol. The zero-order valence-electron chi connectivity index (χ0n) is 9.88. The molecule has 0 amide bonds. The highest BCUT2D eigenvalue weighted by molar-refractivity contribution is 4.82. The molecule has 3 heteroatoms. The fraction of sp³-hybridized carbons (Fsp3) is 1.00. The van der Waals surface area contributed by atoms with E-state index in [2.05, 4.69) is 13.8 Å². The van der Waals surface area contributed by atoms with E-state index >= 15 is 0 Å². The third-order valence-corrected chi connectivity index (χ3v) is 3.58. The smallest absolute Gasteiger partial charge is 0.171 e. The van der Waals surface area contributed by atoms with E-state index in [9.17, 15) is 0 Å². The van der Waals surface area contributed by atoms with Gasteiger partial charge in [0, 0.05) is 12.8 Å². The van der Waals surface area contributed by atoms with E-state index < -0.39 is 0 Å². The number of hydrogen-bond acceptors (Lipinski definition) is 3. The molecule has 3 nitrogen and oxygen atoms in total. The molecule has 15 heavy (non-hydrogen) atoms. The van der Waals surface area contributed by atoms with Gasteiger partial charge in [-0.2, -0.15) is 0 Å². The van der Waals surface area contributed by atoms with Crippen LogP contribution in [0, 0.1) is 0 Å². The predicted octanol–water partition coefficient (Wildman–Crippen LogP) is 2.84. The molecule has 2 heterocycles. The van der Waals surface area contributed by atoms with Crippen LogP contribution in [0.15, 0.2) is 0 Å². The standard InChI is InChI=1S/C12H22O3/c1-3-11(7-5-9-13-11)15-12(4-2)8-6-10-14-12/h3-10H2,1-2H3. The minimum absolute atomic E-state index is 0.361. The summed E-state index contributed by atoms with van der Waals surface area (Å²) in [5.41, 5.74) is 0. The lowest BCUT2D eigenvalue weighted by Crippen LogP contribution is -2.43. The lowest BCUT2D eigenvalue weighted by molar-refractivity contribution is -0.337. The minimum Gasteiger partial charge on any atom is -0.350 e. The second kappa shape index (κ2) is 4.40. The highest BCUT2D eigenvalue weighted by Gasteiger charge is 2.45. The first-order valence-electron chi connectivity index (χ1n) is 6.22. The zero-order chi connectivity index (χ0) is 10.8. The average Bonchev–Trinajstić information content (AvgIpc) is 2.89. The van der Waals surface area contributed by atoms with E-state index in [1.807, 2.05) is 0 Å². The van der Waals surface area contributed by atoms with Crippen molar-refractivity contribution in [1.29, 1.82) is 0 Å². The van der Waals surface area contributed by atoms with E-state index in [1.165, 1.54) is 0 Å². The molecule has 0 radical (unpaired) electrons. The molecular weight excluding hydrogens is 192 g/mol. The Balaban J connectivity index is 2.04. The van der Waals surface area contributed by atoms with Gasteiger partial charge in [-0.1, -0.05) is 13.8 Å². The molecule has 2 aliphatic heterocycles. The summed E-state index contributed by atoms with van der Waals surface area (Å²) in [7, 11) is 0. The van der Waals surface area contributed by atoms with Crippen molar-refractivity contribution < 1.29 is 14.2 Å². The fourth-order valence-electron chi connectivity index (χ4n) is 2.55. The molecule has 2 fully saturated rings. The van der Waals surface area contributed by atoms with Crippen LogP contribution in [0.25, 0.3) is 0 Å². The van der Waals surface area contributed by atoms with Crippen LogP contribution in [0.2, 0.25) is 0 Å². The van der Waals surface area contributed by atoms with Gasteiger partial charge in [0.2, 0.25) is 0 Å². The maximum Gasteiger partial charge on any atom is 0.171 e. The Hall–Kier alpha value is -0.120. The van der Waals surface area contributed by atoms with Gasteiger partial charge < -0.3 is 14.2 Å². The number of rotatable bonds is 4. The van der Waals surface area contributed by atoms with Crippen LogP contribution in [0.3, 0.4) is 0 Å². The van der Waals surface area contributed by atoms with E-state index in [-0.39, 0.29) is 11.6 Å². The first-order valence-corrected chi connectivity index (χ1v) is 6.22. The van der Waals surface area contributed by atoms with E-state index in [0.717, 1.165) is 51.7 Å². The normalized spacial score (nSPS) is 41.2. The Labute approximate surface area is 92.1 Å². The van der Waals surface area contributed by atoms with Gasteiger partial charge in [-0.3, -0.25) is 0 Å². The Morgan fingerprint density at radius 3 is 1.67 bits per heavy atom. The van der Waals surface area contributed by atoms with Gasteiger partial charge in [0.25, 0.3) is 0 Å². The van der Waals surface area contributed by atoms with Crippen molar-refractivity contribution in [3.63, 3.8) is 0 Å². The molecule has 0 aromatic carbocycles. The largest absolute Gasteiger partial charge is 0.350 e. The van der Waals surface area contributed by atoms with Crippen molar-refractivity contribution in [2.24, 2.45) is 0 Å². The molecule has 0 bridgehead atoms. The summed E-state index contributed by atoms with van der Waals surface area (Å²) in [4.78, 5) is 0. The van der Waals surface area contributed by atoms with Crippen molar-refractivity contribution in [3.05, 3.63) is 0 Å². The van der Waals surface area contributed by atoms with Crippen LogP contribution >= 0.6 is 0 Å². The van der Waals surface area contributed by atoms with Gasteiger partial charge in [-0.05, 0) is 25.7 Å². The summed E-state index contributed by atoms with van der Waals surface area (Å²) in [5.74, 6) is -0.722. The van der Waals surface area contributed by atoms with Crippen molar-refractivity contribution in [3.8, 4) is 0 Å². The molecule has 0 aromatic rings. The van der Waals surface area contributed by atoms with Gasteiger partial charge in [-0.15, -0.1) is 0 Å². The molecule has 2 rings (SSSR count). The van der Waals surface area contributed by atoms with Crippen molar-refractivity contribution in [2.45, 2.75) is 63.9 Å². The Morgan fingerprint density at radius 2 is 1.40 bits per heavy atom. The fourth-order valence-corrected chi connectivity index (χ4v) is 2.55. The zero-order valence-corrected chi connectivity index (χ0v) is 9.88. The SMILES string of the molecule is CCC1(OC2(CC)CCCO2)CCCO1. The number of ether oxygens (including phenoxy) is 3. The van der Waals surface area contributed by atoms with Crippen LogP contribution in [0.4, 0.5) is 0 Å². The molecule has 88 valence electrons. The molecule has 2 saturated heterocycles. The highest BCUT2D eigenvalue weighted by Crippen LogP contribution is 2.40. The maximum atomic E-state index is 6.20. The van der Waals surface area contributed by atoms with E-state index in [1.54, 1.807) is 0 Å². The predicted molar refractivity (Wildman–Crippen MR) is 57.5 cm³/mol. The van der Waals surface area contributed by atoms with E-state index in [0.29, 0.717) is 0 Å². The van der Waals surface area contributed by atoms with Crippen LogP contribution in [0.1, 0.15) is 52.4 Å². The Morgan fingerprint density at radius 1 is 0.933 bits per heavy atom. The first kappa shape index (κ1) is 11.4. The summed E-state index contributed by atoms with van der Waals surface area (Å²) in [6.07, 6.45) is 6.06. The quantitative estimate of drug-likeness (QED) is 0.720. The molecule has 0 spiro atoms. The monoisotopic (exact) mass is 214 g/mol. The summed E-state index contributed by atoms with van der Waals surface area (Å²) in [5, 5.41) is 0. The van der Waals surface area contributed by atoms with Crippen LogP contribution < -0.4 is 0 Å². The molecule has 0 aromatic heterocycles. The van der Waals surface area contributed by atoms with Crippen LogP contribution in [0.5, 0.6) is 0 Å². The van der Waals surface area contributed by atoms with Crippen molar-refractivity contribution in [2.75, 3.05) is 13.2 Å². The molecule has 2 unspecified atom stereocenters. The maximum absolute atomic E-state index is 6.20. The molecular formula is C12H22O3. The highest BCUT2D eigenvalue weighted by atomic mass is 16.8. The first-order chi connectivity index (χ1) is 7.24.